The van der Waals surface area contributed by atoms with Gasteiger partial charge in [0.05, 0.1) is 5.38 Å². The molecule has 4 heteroatoms. The third-order valence-electron chi connectivity index (χ3n) is 3.54. The Morgan fingerprint density at radius 3 is 2.68 bits per heavy atom. The molecule has 0 radical (unpaired) electrons. The Hall–Kier alpha value is -1.22. The SMILES string of the molecule is CN(CCCCN1CC(Cl)CC1=O)c1ccccc1. The van der Waals surface area contributed by atoms with Gasteiger partial charge in [0.2, 0.25) is 5.91 Å². The van der Waals surface area contributed by atoms with Gasteiger partial charge in [-0.15, -0.1) is 11.6 Å². The number of likely N-dealkylation sites (tertiary alicyclic amines) is 1. The van der Waals surface area contributed by atoms with Crippen LogP contribution < -0.4 is 4.90 Å². The first-order chi connectivity index (χ1) is 9.16. The van der Waals surface area contributed by atoms with Gasteiger partial charge in [0.15, 0.2) is 0 Å². The molecule has 1 aromatic rings. The molecule has 1 heterocycles. The number of amides is 1. The number of rotatable bonds is 6. The highest BCUT2D eigenvalue weighted by molar-refractivity contribution is 6.22. The van der Waals surface area contributed by atoms with Gasteiger partial charge in [0.25, 0.3) is 0 Å². The number of hydrogen-bond acceptors (Lipinski definition) is 2. The van der Waals surface area contributed by atoms with E-state index in [0.717, 1.165) is 32.5 Å². The molecule has 1 aliphatic heterocycles. The molecule has 1 aromatic carbocycles. The predicted octanol–water partition coefficient (Wildman–Crippen LogP) is 2.74. The lowest BCUT2D eigenvalue weighted by Crippen LogP contribution is -2.27. The molecular formula is C15H21ClN2O. The van der Waals surface area contributed by atoms with Crippen LogP contribution in [0.5, 0.6) is 0 Å². The molecule has 2 rings (SSSR count). The van der Waals surface area contributed by atoms with E-state index < -0.39 is 0 Å². The molecule has 1 atom stereocenters. The topological polar surface area (TPSA) is 23.6 Å². The first kappa shape index (κ1) is 14.2. The molecular weight excluding hydrogens is 260 g/mol. The van der Waals surface area contributed by atoms with Crippen molar-refractivity contribution in [2.24, 2.45) is 0 Å². The third-order valence-corrected chi connectivity index (χ3v) is 3.83. The molecule has 3 nitrogen and oxygen atoms in total. The van der Waals surface area contributed by atoms with Crippen molar-refractivity contribution in [1.82, 2.24) is 4.90 Å². The summed E-state index contributed by atoms with van der Waals surface area (Å²) >= 11 is 5.97. The lowest BCUT2D eigenvalue weighted by Gasteiger charge is -2.20. The van der Waals surface area contributed by atoms with Gasteiger partial charge in [-0.3, -0.25) is 4.79 Å². The number of hydrogen-bond donors (Lipinski definition) is 0. The molecule has 1 fully saturated rings. The molecule has 1 unspecified atom stereocenters. The molecule has 0 aromatic heterocycles. The molecule has 0 spiro atoms. The van der Waals surface area contributed by atoms with E-state index in [1.165, 1.54) is 5.69 Å². The minimum absolute atomic E-state index is 0.0134. The summed E-state index contributed by atoms with van der Waals surface area (Å²) in [7, 11) is 2.10. The van der Waals surface area contributed by atoms with E-state index in [2.05, 4.69) is 36.2 Å². The van der Waals surface area contributed by atoms with Crippen molar-refractivity contribution in [1.29, 1.82) is 0 Å². The fraction of sp³-hybridized carbons (Fsp3) is 0.533. The van der Waals surface area contributed by atoms with Gasteiger partial charge in [-0.2, -0.15) is 0 Å². The average Bonchev–Trinajstić information content (AvgIpc) is 2.74. The van der Waals surface area contributed by atoms with E-state index in [9.17, 15) is 4.79 Å². The molecule has 1 aliphatic rings. The standard InChI is InChI=1S/C15H21ClN2O/c1-17(14-7-3-2-4-8-14)9-5-6-10-18-12-13(16)11-15(18)19/h2-4,7-8,13H,5-6,9-12H2,1H3. The Labute approximate surface area is 120 Å². The van der Waals surface area contributed by atoms with Crippen molar-refractivity contribution in [2.45, 2.75) is 24.6 Å². The van der Waals surface area contributed by atoms with Crippen molar-refractivity contribution in [3.8, 4) is 0 Å². The summed E-state index contributed by atoms with van der Waals surface area (Å²) in [6.07, 6.45) is 2.63. The van der Waals surface area contributed by atoms with Crippen molar-refractivity contribution in [3.05, 3.63) is 30.3 Å². The molecule has 0 bridgehead atoms. The van der Waals surface area contributed by atoms with E-state index >= 15 is 0 Å². The van der Waals surface area contributed by atoms with E-state index in [0.29, 0.717) is 6.42 Å². The Morgan fingerprint density at radius 1 is 1.32 bits per heavy atom. The Kier molecular flexibility index (Phi) is 5.08. The second kappa shape index (κ2) is 6.80. The van der Waals surface area contributed by atoms with Gasteiger partial charge in [-0.05, 0) is 25.0 Å². The summed E-state index contributed by atoms with van der Waals surface area (Å²) in [6.45, 7) is 2.57. The second-order valence-corrected chi connectivity index (χ2v) is 5.72. The van der Waals surface area contributed by atoms with Crippen LogP contribution in [-0.2, 0) is 4.79 Å². The van der Waals surface area contributed by atoms with E-state index in [-0.39, 0.29) is 11.3 Å². The van der Waals surface area contributed by atoms with Gasteiger partial charge in [0, 0.05) is 38.8 Å². The zero-order valence-corrected chi connectivity index (χ0v) is 12.1. The normalized spacial score (nSPS) is 18.9. The highest BCUT2D eigenvalue weighted by atomic mass is 35.5. The van der Waals surface area contributed by atoms with Crippen LogP contribution in [-0.4, -0.2) is 42.9 Å². The van der Waals surface area contributed by atoms with E-state index in [1.807, 2.05) is 11.0 Å². The minimum atomic E-state index is 0.0134. The zero-order chi connectivity index (χ0) is 13.7. The Bertz CT molecular complexity index is 410. The van der Waals surface area contributed by atoms with Gasteiger partial charge in [0.1, 0.15) is 0 Å². The van der Waals surface area contributed by atoms with Gasteiger partial charge < -0.3 is 9.80 Å². The van der Waals surface area contributed by atoms with Crippen molar-refractivity contribution >= 4 is 23.2 Å². The summed E-state index contributed by atoms with van der Waals surface area (Å²) < 4.78 is 0. The largest absolute Gasteiger partial charge is 0.375 e. The van der Waals surface area contributed by atoms with E-state index in [1.54, 1.807) is 0 Å². The summed E-state index contributed by atoms with van der Waals surface area (Å²) in [6, 6.07) is 10.4. The highest BCUT2D eigenvalue weighted by Gasteiger charge is 2.27. The number of carbonyl (C=O) groups excluding carboxylic acids is 1. The molecule has 0 saturated carbocycles. The summed E-state index contributed by atoms with van der Waals surface area (Å²) in [5.41, 5.74) is 1.24. The lowest BCUT2D eigenvalue weighted by molar-refractivity contribution is -0.127. The summed E-state index contributed by atoms with van der Waals surface area (Å²) in [5, 5.41) is 0.0134. The summed E-state index contributed by atoms with van der Waals surface area (Å²) in [4.78, 5) is 15.7. The number of anilines is 1. The smallest absolute Gasteiger partial charge is 0.224 e. The lowest BCUT2D eigenvalue weighted by atomic mass is 10.2. The third kappa shape index (κ3) is 4.13. The minimum Gasteiger partial charge on any atom is -0.375 e. The van der Waals surface area contributed by atoms with Crippen LogP contribution in [0.3, 0.4) is 0 Å². The van der Waals surface area contributed by atoms with Crippen molar-refractivity contribution < 1.29 is 4.79 Å². The quantitative estimate of drug-likeness (QED) is 0.591. The fourth-order valence-corrected chi connectivity index (χ4v) is 2.70. The molecule has 104 valence electrons. The van der Waals surface area contributed by atoms with Gasteiger partial charge in [-0.25, -0.2) is 0 Å². The van der Waals surface area contributed by atoms with Crippen molar-refractivity contribution in [3.63, 3.8) is 0 Å². The highest BCUT2D eigenvalue weighted by Crippen LogP contribution is 2.17. The number of alkyl halides is 1. The van der Waals surface area contributed by atoms with Crippen LogP contribution in [0.25, 0.3) is 0 Å². The maximum Gasteiger partial charge on any atom is 0.224 e. The summed E-state index contributed by atoms with van der Waals surface area (Å²) in [5.74, 6) is 0.205. The molecule has 19 heavy (non-hydrogen) atoms. The maximum atomic E-state index is 11.6. The maximum absolute atomic E-state index is 11.6. The predicted molar refractivity (Wildman–Crippen MR) is 79.8 cm³/mol. The number of para-hydroxylation sites is 1. The number of benzene rings is 1. The molecule has 0 N–H and O–H groups in total. The van der Waals surface area contributed by atoms with E-state index in [4.69, 9.17) is 11.6 Å². The van der Waals surface area contributed by atoms with Crippen LogP contribution in [0, 0.1) is 0 Å². The van der Waals surface area contributed by atoms with Crippen LogP contribution in [0.2, 0.25) is 0 Å². The second-order valence-electron chi connectivity index (χ2n) is 5.11. The molecule has 1 saturated heterocycles. The van der Waals surface area contributed by atoms with Gasteiger partial charge >= 0.3 is 0 Å². The first-order valence-electron chi connectivity index (χ1n) is 6.85. The van der Waals surface area contributed by atoms with Crippen LogP contribution in [0.4, 0.5) is 5.69 Å². The Balaban J connectivity index is 1.66. The fourth-order valence-electron chi connectivity index (χ4n) is 2.40. The average molecular weight is 281 g/mol. The number of halogens is 1. The van der Waals surface area contributed by atoms with Crippen molar-refractivity contribution in [2.75, 3.05) is 31.6 Å². The van der Waals surface area contributed by atoms with Gasteiger partial charge in [-0.1, -0.05) is 18.2 Å². The van der Waals surface area contributed by atoms with Crippen LogP contribution in [0.1, 0.15) is 19.3 Å². The monoisotopic (exact) mass is 280 g/mol. The first-order valence-corrected chi connectivity index (χ1v) is 7.28. The zero-order valence-electron chi connectivity index (χ0n) is 11.4. The number of carbonyl (C=O) groups is 1. The van der Waals surface area contributed by atoms with Crippen LogP contribution >= 0.6 is 11.6 Å². The van der Waals surface area contributed by atoms with Crippen LogP contribution in [0.15, 0.2) is 30.3 Å². The molecule has 0 aliphatic carbocycles. The molecule has 1 amide bonds. The Morgan fingerprint density at radius 2 is 2.05 bits per heavy atom. The number of unbranched alkanes of at least 4 members (excludes halogenated alkanes) is 1. The number of nitrogens with zero attached hydrogens (tertiary/aromatic N) is 2.